The number of hydrogen-bond donors (Lipinski definition) is 1. The molecular formula is C19H19FN4O4S2. The van der Waals surface area contributed by atoms with Crippen LogP contribution in [0.25, 0.3) is 10.2 Å². The number of carbonyl (C=O) groups is 1. The zero-order valence-electron chi connectivity index (χ0n) is 16.0. The number of piperidine rings is 1. The van der Waals surface area contributed by atoms with Crippen molar-refractivity contribution in [2.24, 2.45) is 5.92 Å². The molecule has 3 aromatic rings. The first-order valence-electron chi connectivity index (χ1n) is 9.31. The lowest BCUT2D eigenvalue weighted by Gasteiger charge is -2.31. The van der Waals surface area contributed by atoms with Gasteiger partial charge in [0.2, 0.25) is 15.9 Å². The Bertz CT molecular complexity index is 1270. The second-order valence-electron chi connectivity index (χ2n) is 7.07. The Balaban J connectivity index is 1.54. The molecule has 0 bridgehead atoms. The van der Waals surface area contributed by atoms with Gasteiger partial charge in [-0.15, -0.1) is 11.3 Å². The lowest BCUT2D eigenvalue weighted by Crippen LogP contribution is -2.46. The highest BCUT2D eigenvalue weighted by atomic mass is 32.2. The molecule has 1 unspecified atom stereocenters. The average molecular weight is 451 g/mol. The summed E-state index contributed by atoms with van der Waals surface area (Å²) in [4.78, 5) is 30.4. The van der Waals surface area contributed by atoms with Gasteiger partial charge in [0.25, 0.3) is 5.56 Å². The molecule has 1 aliphatic rings. The number of carbonyl (C=O) groups excluding carboxylic acids is 1. The summed E-state index contributed by atoms with van der Waals surface area (Å²) >= 11 is 1.34. The largest absolute Gasteiger partial charge is 0.281 e. The Morgan fingerprint density at radius 2 is 2.00 bits per heavy atom. The number of hydrogen-bond acceptors (Lipinski definition) is 6. The van der Waals surface area contributed by atoms with Crippen molar-refractivity contribution in [2.45, 2.75) is 24.7 Å². The zero-order chi connectivity index (χ0) is 21.5. The van der Waals surface area contributed by atoms with E-state index in [1.165, 1.54) is 27.8 Å². The fourth-order valence-corrected chi connectivity index (χ4v) is 5.80. The maximum Gasteiger partial charge on any atom is 0.281 e. The molecule has 30 heavy (non-hydrogen) atoms. The van der Waals surface area contributed by atoms with Crippen LogP contribution in [0.3, 0.4) is 0 Å². The second kappa shape index (κ2) is 7.89. The van der Waals surface area contributed by atoms with Crippen molar-refractivity contribution in [1.82, 2.24) is 14.0 Å². The van der Waals surface area contributed by atoms with Crippen LogP contribution in [0.4, 0.5) is 4.39 Å². The molecule has 0 aliphatic carbocycles. The number of benzene rings is 1. The third-order valence-corrected chi connectivity index (χ3v) is 7.78. The van der Waals surface area contributed by atoms with Crippen LogP contribution in [-0.4, -0.2) is 41.4 Å². The van der Waals surface area contributed by atoms with Gasteiger partial charge in [-0.2, -0.15) is 4.31 Å². The summed E-state index contributed by atoms with van der Waals surface area (Å²) in [5, 5.41) is 2.17. The van der Waals surface area contributed by atoms with Crippen LogP contribution >= 0.6 is 11.3 Å². The Morgan fingerprint density at radius 3 is 2.73 bits per heavy atom. The number of aromatic nitrogens is 2. The molecule has 1 N–H and O–H groups in total. The first-order chi connectivity index (χ1) is 14.3. The molecule has 0 radical (unpaired) electrons. The van der Waals surface area contributed by atoms with Crippen LogP contribution in [0.15, 0.2) is 45.4 Å². The highest BCUT2D eigenvalue weighted by Gasteiger charge is 2.33. The van der Waals surface area contributed by atoms with Crippen molar-refractivity contribution >= 4 is 37.5 Å². The van der Waals surface area contributed by atoms with Crippen LogP contribution in [0.2, 0.25) is 0 Å². The van der Waals surface area contributed by atoms with Gasteiger partial charge in [-0.05, 0) is 55.5 Å². The maximum absolute atomic E-state index is 13.1. The molecule has 1 aliphatic heterocycles. The molecule has 1 atom stereocenters. The monoisotopic (exact) mass is 450 g/mol. The molecule has 8 nitrogen and oxygen atoms in total. The van der Waals surface area contributed by atoms with Gasteiger partial charge in [0, 0.05) is 13.1 Å². The fraction of sp³-hybridized carbons (Fsp3) is 0.316. The van der Waals surface area contributed by atoms with E-state index in [0.717, 1.165) is 16.8 Å². The number of fused-ring (bicyclic) bond motifs is 1. The van der Waals surface area contributed by atoms with E-state index < -0.39 is 27.7 Å². The molecule has 1 amide bonds. The van der Waals surface area contributed by atoms with Gasteiger partial charge in [0.1, 0.15) is 16.5 Å². The molecule has 2 aromatic heterocycles. The molecule has 0 spiro atoms. The van der Waals surface area contributed by atoms with E-state index in [-0.39, 0.29) is 23.5 Å². The number of halogens is 1. The lowest BCUT2D eigenvalue weighted by atomic mass is 9.99. The molecule has 1 fully saturated rings. The number of rotatable bonds is 4. The van der Waals surface area contributed by atoms with Crippen LogP contribution < -0.4 is 11.0 Å². The predicted octanol–water partition coefficient (Wildman–Crippen LogP) is 2.08. The quantitative estimate of drug-likeness (QED) is 0.656. The molecule has 4 rings (SSSR count). The zero-order valence-corrected chi connectivity index (χ0v) is 17.7. The number of sulfonamides is 1. The highest BCUT2D eigenvalue weighted by molar-refractivity contribution is 7.89. The van der Waals surface area contributed by atoms with E-state index >= 15 is 0 Å². The van der Waals surface area contributed by atoms with Crippen molar-refractivity contribution in [3.05, 3.63) is 57.7 Å². The highest BCUT2D eigenvalue weighted by Crippen LogP contribution is 2.24. The van der Waals surface area contributed by atoms with Crippen molar-refractivity contribution in [3.8, 4) is 0 Å². The first kappa shape index (κ1) is 20.6. The number of nitrogens with zero attached hydrogens (tertiary/aromatic N) is 3. The maximum atomic E-state index is 13.1. The van der Waals surface area contributed by atoms with Crippen molar-refractivity contribution < 1.29 is 17.6 Å². The molecular weight excluding hydrogens is 431 g/mol. The molecule has 158 valence electrons. The molecule has 3 heterocycles. The number of nitrogens with one attached hydrogen (secondary N) is 1. The van der Waals surface area contributed by atoms with Crippen LogP contribution in [0.5, 0.6) is 0 Å². The Kier molecular flexibility index (Phi) is 5.43. The topological polar surface area (TPSA) is 101 Å². The summed E-state index contributed by atoms with van der Waals surface area (Å²) in [6, 6.07) is 6.24. The minimum Gasteiger partial charge on any atom is -0.273 e. The SMILES string of the molecule is Cc1nc2sccc2c(=O)n1NC(=O)C1CCCN(S(=O)(=O)c2ccc(F)cc2)C1. The third kappa shape index (κ3) is 3.75. The normalized spacial score (nSPS) is 17.9. The standard InChI is InChI=1S/C19H19FN4O4S2/c1-12-21-18-16(8-10-29-18)19(26)24(12)22-17(25)13-3-2-9-23(11-13)30(27,28)15-6-4-14(20)5-7-15/h4-8,10,13H,2-3,9,11H2,1H3,(H,22,25). The van der Waals surface area contributed by atoms with E-state index in [1.807, 2.05) is 0 Å². The van der Waals surface area contributed by atoms with Gasteiger partial charge in [-0.25, -0.2) is 22.5 Å². The van der Waals surface area contributed by atoms with Crippen molar-refractivity contribution in [1.29, 1.82) is 0 Å². The average Bonchev–Trinajstić information content (AvgIpc) is 3.20. The summed E-state index contributed by atoms with van der Waals surface area (Å²) in [5.41, 5.74) is 2.21. The second-order valence-corrected chi connectivity index (χ2v) is 9.90. The van der Waals surface area contributed by atoms with E-state index in [9.17, 15) is 22.4 Å². The first-order valence-corrected chi connectivity index (χ1v) is 11.6. The lowest BCUT2D eigenvalue weighted by molar-refractivity contribution is -0.121. The van der Waals surface area contributed by atoms with Gasteiger partial charge in [-0.3, -0.25) is 15.0 Å². The predicted molar refractivity (Wildman–Crippen MR) is 111 cm³/mol. The molecule has 1 saturated heterocycles. The Labute approximate surface area is 176 Å². The molecule has 1 aromatic carbocycles. The van der Waals surface area contributed by atoms with Gasteiger partial charge >= 0.3 is 0 Å². The van der Waals surface area contributed by atoms with Crippen LogP contribution in [-0.2, 0) is 14.8 Å². The molecule has 11 heteroatoms. The van der Waals surface area contributed by atoms with Crippen molar-refractivity contribution in [3.63, 3.8) is 0 Å². The van der Waals surface area contributed by atoms with Crippen LogP contribution in [0.1, 0.15) is 18.7 Å². The summed E-state index contributed by atoms with van der Waals surface area (Å²) in [7, 11) is -3.85. The number of thiophene rings is 1. The van der Waals surface area contributed by atoms with Gasteiger partial charge in [0.15, 0.2) is 0 Å². The Hall–Kier alpha value is -2.63. The summed E-state index contributed by atoms with van der Waals surface area (Å²) in [6.07, 6.45) is 0.984. The number of amides is 1. The van der Waals surface area contributed by atoms with Gasteiger partial charge in [-0.1, -0.05) is 0 Å². The van der Waals surface area contributed by atoms with E-state index in [2.05, 4.69) is 10.4 Å². The van der Waals surface area contributed by atoms with E-state index in [4.69, 9.17) is 0 Å². The smallest absolute Gasteiger partial charge is 0.273 e. The van der Waals surface area contributed by atoms with E-state index in [1.54, 1.807) is 18.4 Å². The minimum atomic E-state index is -3.85. The minimum absolute atomic E-state index is 0.0204. The summed E-state index contributed by atoms with van der Waals surface area (Å²) < 4.78 is 41.2. The van der Waals surface area contributed by atoms with E-state index in [0.29, 0.717) is 28.9 Å². The Morgan fingerprint density at radius 1 is 1.27 bits per heavy atom. The summed E-state index contributed by atoms with van der Waals surface area (Å²) in [5.74, 6) is -1.26. The van der Waals surface area contributed by atoms with Gasteiger partial charge in [0.05, 0.1) is 16.2 Å². The number of aryl methyl sites for hydroxylation is 1. The third-order valence-electron chi connectivity index (χ3n) is 5.09. The van der Waals surface area contributed by atoms with Crippen LogP contribution in [0, 0.1) is 18.7 Å². The van der Waals surface area contributed by atoms with Gasteiger partial charge < -0.3 is 0 Å². The molecule has 0 saturated carbocycles. The van der Waals surface area contributed by atoms with Crippen molar-refractivity contribution in [2.75, 3.05) is 18.5 Å². The summed E-state index contributed by atoms with van der Waals surface area (Å²) in [6.45, 7) is 1.87. The fourth-order valence-electron chi connectivity index (χ4n) is 3.48.